The lowest BCUT2D eigenvalue weighted by atomic mass is 9.85. The number of carbonyl (C=O) groups is 4. The number of alkyl carbamates (subject to hydrolysis) is 1. The van der Waals surface area contributed by atoms with E-state index in [9.17, 15) is 27.6 Å². The Morgan fingerprint density at radius 2 is 1.84 bits per heavy atom. The molecule has 1 aliphatic heterocycles. The van der Waals surface area contributed by atoms with E-state index in [1.165, 1.54) is 24.3 Å². The average Bonchev–Trinajstić information content (AvgIpc) is 3.95. The summed E-state index contributed by atoms with van der Waals surface area (Å²) in [7, 11) is -2.48. The van der Waals surface area contributed by atoms with E-state index in [2.05, 4.69) is 31.9 Å². The summed E-state index contributed by atoms with van der Waals surface area (Å²) in [5.41, 5.74) is -2.92. The Labute approximate surface area is 302 Å². The molecular formula is C34H45ClN6O9S. The third kappa shape index (κ3) is 8.32. The van der Waals surface area contributed by atoms with Gasteiger partial charge in [0, 0.05) is 23.9 Å². The van der Waals surface area contributed by atoms with Crippen LogP contribution in [-0.4, -0.2) is 95.3 Å². The van der Waals surface area contributed by atoms with Crippen LogP contribution in [0.25, 0.3) is 10.9 Å². The van der Waals surface area contributed by atoms with Crippen LogP contribution < -0.4 is 24.8 Å². The molecule has 3 heterocycles. The molecule has 15 nitrogen and oxygen atoms in total. The predicted octanol–water partition coefficient (Wildman–Crippen LogP) is 3.25. The zero-order chi connectivity index (χ0) is 37.7. The van der Waals surface area contributed by atoms with Crippen molar-refractivity contribution in [1.29, 1.82) is 0 Å². The molecule has 3 aliphatic rings. The van der Waals surface area contributed by atoms with Crippen LogP contribution in [0.2, 0.25) is 5.15 Å². The summed E-state index contributed by atoms with van der Waals surface area (Å²) < 4.78 is 44.7. The maximum atomic E-state index is 14.4. The fraction of sp³-hybridized carbons (Fsp3) is 0.588. The standard InChI is InChI=1S/C34H45ClN6O9S/c1-9-19-16-34(19,30(44)40-51(46,47)21-10-11-21)39-27(42)22-15-20(49-28-23(48-8)14-18-12-13-36-26(35)24(18)37-28)17-41(22)29(43)25(32(2,3)4)38-31(45)50-33(5,6)7/h9,12-14,19-22,25H,1,10-11,15-17H2,2-8H3,(H,38,45)(H,39,42)(H,40,44). The van der Waals surface area contributed by atoms with E-state index in [1.807, 2.05) is 0 Å². The number of fused-ring (bicyclic) bond motifs is 1. The number of likely N-dealkylation sites (tertiary alicyclic amines) is 1. The average molecular weight is 749 g/mol. The zero-order valence-corrected chi connectivity index (χ0v) is 31.3. The molecule has 3 fully saturated rings. The lowest BCUT2D eigenvalue weighted by Crippen LogP contribution is -2.60. The van der Waals surface area contributed by atoms with Gasteiger partial charge in [-0.2, -0.15) is 0 Å². The zero-order valence-electron chi connectivity index (χ0n) is 29.7. The maximum absolute atomic E-state index is 14.4. The van der Waals surface area contributed by atoms with Gasteiger partial charge in [0.25, 0.3) is 11.8 Å². The first kappa shape index (κ1) is 38.1. The van der Waals surface area contributed by atoms with Crippen molar-refractivity contribution in [2.45, 2.75) is 102 Å². The summed E-state index contributed by atoms with van der Waals surface area (Å²) in [6.45, 7) is 14.0. The minimum atomic E-state index is -3.92. The molecule has 2 aromatic rings. The van der Waals surface area contributed by atoms with Gasteiger partial charge in [-0.15, -0.1) is 6.58 Å². The van der Waals surface area contributed by atoms with E-state index in [-0.39, 0.29) is 36.2 Å². The van der Waals surface area contributed by atoms with Crippen LogP contribution in [0.5, 0.6) is 11.6 Å². The highest BCUT2D eigenvalue weighted by Crippen LogP contribution is 2.45. The summed E-state index contributed by atoms with van der Waals surface area (Å²) >= 11 is 6.31. The first-order valence-corrected chi connectivity index (χ1v) is 18.6. The number of rotatable bonds is 11. The molecule has 5 atom stereocenters. The lowest BCUT2D eigenvalue weighted by Gasteiger charge is -2.36. The number of aromatic nitrogens is 2. The fourth-order valence-electron chi connectivity index (χ4n) is 6.05. The van der Waals surface area contributed by atoms with Gasteiger partial charge in [-0.25, -0.2) is 23.2 Å². The Morgan fingerprint density at radius 3 is 2.41 bits per heavy atom. The Balaban J connectivity index is 1.46. The van der Waals surface area contributed by atoms with Crippen molar-refractivity contribution in [3.63, 3.8) is 0 Å². The van der Waals surface area contributed by atoms with Crippen molar-refractivity contribution in [1.82, 2.24) is 30.2 Å². The smallest absolute Gasteiger partial charge is 0.408 e. The highest BCUT2D eigenvalue weighted by Gasteiger charge is 2.62. The van der Waals surface area contributed by atoms with Crippen LogP contribution in [0.15, 0.2) is 31.0 Å². The summed E-state index contributed by atoms with van der Waals surface area (Å²) in [5.74, 6) is -2.41. The van der Waals surface area contributed by atoms with Crippen molar-refractivity contribution in [3.8, 4) is 11.6 Å². The first-order valence-electron chi connectivity index (χ1n) is 16.7. The Kier molecular flexibility index (Phi) is 10.3. The number of ether oxygens (including phenoxy) is 3. The van der Waals surface area contributed by atoms with Gasteiger partial charge in [-0.1, -0.05) is 38.4 Å². The molecule has 51 heavy (non-hydrogen) atoms. The van der Waals surface area contributed by atoms with E-state index in [4.69, 9.17) is 25.8 Å². The van der Waals surface area contributed by atoms with Gasteiger partial charge >= 0.3 is 6.09 Å². The number of methoxy groups -OCH3 is 1. The molecule has 0 aromatic carbocycles. The highest BCUT2D eigenvalue weighted by molar-refractivity contribution is 7.91. The van der Waals surface area contributed by atoms with Crippen molar-refractivity contribution in [2.24, 2.45) is 11.3 Å². The largest absolute Gasteiger partial charge is 0.491 e. The molecule has 278 valence electrons. The summed E-state index contributed by atoms with van der Waals surface area (Å²) in [4.78, 5) is 64.9. The van der Waals surface area contributed by atoms with Crippen LogP contribution in [0.4, 0.5) is 4.79 Å². The van der Waals surface area contributed by atoms with E-state index in [0.29, 0.717) is 23.7 Å². The number of sulfonamides is 1. The van der Waals surface area contributed by atoms with Crippen LogP contribution in [0.1, 0.15) is 67.2 Å². The monoisotopic (exact) mass is 748 g/mol. The van der Waals surface area contributed by atoms with Crippen LogP contribution in [-0.2, 0) is 29.1 Å². The van der Waals surface area contributed by atoms with E-state index in [1.54, 1.807) is 53.7 Å². The van der Waals surface area contributed by atoms with Gasteiger partial charge in [0.1, 0.15) is 34.8 Å². The summed E-state index contributed by atoms with van der Waals surface area (Å²) in [5, 5.41) is 5.55. The normalized spacial score (nSPS) is 23.9. The number of carbonyl (C=O) groups excluding carboxylic acids is 4. The van der Waals surface area contributed by atoms with Crippen molar-refractivity contribution in [3.05, 3.63) is 36.1 Å². The van der Waals surface area contributed by atoms with Crippen LogP contribution >= 0.6 is 11.6 Å². The predicted molar refractivity (Wildman–Crippen MR) is 188 cm³/mol. The molecule has 2 aliphatic carbocycles. The molecule has 17 heteroatoms. The van der Waals surface area contributed by atoms with Gasteiger partial charge in [0.15, 0.2) is 10.9 Å². The number of pyridine rings is 2. The number of amides is 4. The molecule has 4 amide bonds. The summed E-state index contributed by atoms with van der Waals surface area (Å²) in [6, 6.07) is 1.02. The minimum absolute atomic E-state index is 0.0488. The van der Waals surface area contributed by atoms with E-state index in [0.717, 1.165) is 0 Å². The second-order valence-electron chi connectivity index (χ2n) is 15.3. The molecular weight excluding hydrogens is 704 g/mol. The van der Waals surface area contributed by atoms with Gasteiger partial charge < -0.3 is 29.7 Å². The molecule has 0 spiro atoms. The number of nitrogens with zero attached hydrogens (tertiary/aromatic N) is 3. The Hall–Kier alpha value is -4.18. The topological polar surface area (TPSA) is 195 Å². The first-order chi connectivity index (χ1) is 23.7. The number of nitrogens with one attached hydrogen (secondary N) is 3. The van der Waals surface area contributed by atoms with Crippen LogP contribution in [0.3, 0.4) is 0 Å². The molecule has 2 aromatic heterocycles. The second kappa shape index (κ2) is 13.7. The summed E-state index contributed by atoms with van der Waals surface area (Å²) in [6.07, 6.45) is 2.31. The maximum Gasteiger partial charge on any atom is 0.408 e. The Bertz CT molecular complexity index is 1860. The third-order valence-corrected chi connectivity index (χ3v) is 11.1. The quantitative estimate of drug-likeness (QED) is 0.226. The van der Waals surface area contributed by atoms with Crippen LogP contribution in [0, 0.1) is 11.3 Å². The molecule has 0 bridgehead atoms. The number of hydrogen-bond acceptors (Lipinski definition) is 11. The number of hydrogen-bond donors (Lipinski definition) is 3. The van der Waals surface area contributed by atoms with Gasteiger partial charge in [0.05, 0.1) is 18.9 Å². The molecule has 1 saturated heterocycles. The van der Waals surface area contributed by atoms with Gasteiger partial charge in [-0.3, -0.25) is 19.1 Å². The third-order valence-electron chi connectivity index (χ3n) is 8.99. The molecule has 0 radical (unpaired) electrons. The van der Waals surface area contributed by atoms with E-state index < -0.39 is 79.7 Å². The second-order valence-corrected chi connectivity index (χ2v) is 17.6. The molecule has 3 N–H and O–H groups in total. The Morgan fingerprint density at radius 1 is 1.16 bits per heavy atom. The van der Waals surface area contributed by atoms with Crippen molar-refractivity contribution >= 4 is 56.3 Å². The van der Waals surface area contributed by atoms with E-state index >= 15 is 0 Å². The van der Waals surface area contributed by atoms with Gasteiger partial charge in [0.2, 0.25) is 21.8 Å². The lowest BCUT2D eigenvalue weighted by molar-refractivity contribution is -0.143. The minimum Gasteiger partial charge on any atom is -0.491 e. The highest BCUT2D eigenvalue weighted by atomic mass is 35.5. The SMILES string of the molecule is C=CC1CC1(NC(=O)C1CC(Oc2nc3c(Cl)nccc3cc2OC)CN1C(=O)C(NC(=O)OC(C)(C)C)C(C)(C)C)C(=O)NS(=O)(=O)C1CC1. The van der Waals surface area contributed by atoms with Gasteiger partial charge in [-0.05, 0) is 57.6 Å². The molecule has 5 rings (SSSR count). The van der Waals surface area contributed by atoms with Crippen molar-refractivity contribution in [2.75, 3.05) is 13.7 Å². The molecule has 2 saturated carbocycles. The fourth-order valence-corrected chi connectivity index (χ4v) is 7.62. The van der Waals surface area contributed by atoms with Crippen molar-refractivity contribution < 1.29 is 41.8 Å². The molecule has 5 unspecified atom stereocenters. The number of halogens is 1.